The van der Waals surface area contributed by atoms with Gasteiger partial charge in [0.15, 0.2) is 0 Å². The Balaban J connectivity index is 2.99. The zero-order valence-corrected chi connectivity index (χ0v) is 13.1. The van der Waals surface area contributed by atoms with E-state index in [0.29, 0.717) is 0 Å². The third-order valence-corrected chi connectivity index (χ3v) is 4.63. The molecule has 0 radical (unpaired) electrons. The summed E-state index contributed by atoms with van der Waals surface area (Å²) in [6.45, 7) is -0.292. The number of hydrogen-bond acceptors (Lipinski definition) is 1. The molecule has 1 aliphatic rings. The lowest BCUT2D eigenvalue weighted by Crippen LogP contribution is -2.61. The van der Waals surface area contributed by atoms with E-state index in [9.17, 15) is 35.1 Å². The number of alkyl halides is 10. The normalized spacial score (nSPS) is 25.4. The van der Waals surface area contributed by atoms with Gasteiger partial charge in [0.2, 0.25) is 0 Å². The van der Waals surface area contributed by atoms with E-state index < -0.39 is 41.4 Å². The molecule has 1 fully saturated rings. The molecule has 0 saturated carbocycles. The number of hydrogen-bond donors (Lipinski definition) is 0. The predicted octanol–water partition coefficient (Wildman–Crippen LogP) is 4.81. The summed E-state index contributed by atoms with van der Waals surface area (Å²) >= 11 is 5.67. The van der Waals surface area contributed by atoms with Gasteiger partial charge >= 0.3 is 23.1 Å². The largest absolute Gasteiger partial charge is 0.392 e. The van der Waals surface area contributed by atoms with Gasteiger partial charge in [-0.3, -0.25) is 0 Å². The van der Waals surface area contributed by atoms with Crippen molar-refractivity contribution in [1.82, 2.24) is 0 Å². The highest BCUT2D eigenvalue weighted by molar-refractivity contribution is 14.1. The Bertz CT molecular complexity index is 373. The summed E-state index contributed by atoms with van der Waals surface area (Å²) in [7, 11) is 0. The number of halogens is 10. The number of ether oxygens (including phenoxy) is 1. The first-order valence-electron chi connectivity index (χ1n) is 5.62. The zero-order valence-electron chi connectivity index (χ0n) is 10.2. The van der Waals surface area contributed by atoms with Crippen molar-refractivity contribution in [3.63, 3.8) is 0 Å². The van der Waals surface area contributed by atoms with Crippen LogP contribution < -0.4 is 0 Å². The molecule has 1 aliphatic heterocycles. The van der Waals surface area contributed by atoms with Crippen LogP contribution in [0.4, 0.5) is 35.1 Å². The molecule has 1 heterocycles. The van der Waals surface area contributed by atoms with Gasteiger partial charge in [-0.25, -0.2) is 0 Å². The Hall–Kier alpha value is 0.420. The van der Waals surface area contributed by atoms with Crippen LogP contribution in [0.25, 0.3) is 0 Å². The molecular weight excluding hydrogens is 450 g/mol. The van der Waals surface area contributed by atoms with E-state index in [0.717, 1.165) is 0 Å². The second-order valence-corrected chi connectivity index (χ2v) is 6.12. The molecule has 21 heavy (non-hydrogen) atoms. The van der Waals surface area contributed by atoms with Crippen LogP contribution in [0.5, 0.6) is 0 Å². The van der Waals surface area contributed by atoms with Gasteiger partial charge in [-0.15, -0.1) is 0 Å². The fourth-order valence-corrected chi connectivity index (χ4v) is 3.00. The standard InChI is InChI=1S/C10H10ClF8IO/c11-10(18,19)9(16,17)8(14,15)7(12,13)1-5-3-21-4-6(5)2-20/h5-6H,1-4H2. The van der Waals surface area contributed by atoms with Crippen LogP contribution in [0.15, 0.2) is 0 Å². The maximum absolute atomic E-state index is 13.5. The van der Waals surface area contributed by atoms with E-state index >= 15 is 0 Å². The minimum Gasteiger partial charge on any atom is -0.381 e. The Morgan fingerprint density at radius 1 is 0.905 bits per heavy atom. The van der Waals surface area contributed by atoms with E-state index in [1.807, 2.05) is 0 Å². The van der Waals surface area contributed by atoms with Crippen LogP contribution in [0.2, 0.25) is 0 Å². The van der Waals surface area contributed by atoms with Gasteiger partial charge in [0, 0.05) is 17.5 Å². The van der Waals surface area contributed by atoms with Crippen LogP contribution in [-0.2, 0) is 4.74 Å². The molecule has 0 aromatic rings. The molecule has 0 N–H and O–H groups in total. The third kappa shape index (κ3) is 3.51. The Kier molecular flexibility index (Phi) is 5.69. The van der Waals surface area contributed by atoms with Crippen molar-refractivity contribution in [3.05, 3.63) is 0 Å². The lowest BCUT2D eigenvalue weighted by Gasteiger charge is -2.35. The summed E-state index contributed by atoms with van der Waals surface area (Å²) in [5.41, 5.74) is 0. The second-order valence-electron chi connectivity index (χ2n) is 4.77. The Labute approximate surface area is 133 Å². The SMILES string of the molecule is FC(F)(Cl)C(F)(F)C(F)(F)C(F)(F)CC1COCC1CI. The summed E-state index contributed by atoms with van der Waals surface area (Å²) in [5.74, 6) is -19.7. The predicted molar refractivity (Wildman–Crippen MR) is 66.9 cm³/mol. The molecule has 126 valence electrons. The molecule has 0 amide bonds. The van der Waals surface area contributed by atoms with Crippen LogP contribution in [-0.4, -0.2) is 40.8 Å². The highest BCUT2D eigenvalue weighted by Gasteiger charge is 2.80. The molecule has 0 spiro atoms. The molecule has 1 saturated heterocycles. The monoisotopic (exact) mass is 460 g/mol. The van der Waals surface area contributed by atoms with Crippen molar-refractivity contribution < 1.29 is 39.9 Å². The molecule has 0 aliphatic carbocycles. The minimum absolute atomic E-state index is 0.0251. The van der Waals surface area contributed by atoms with Crippen molar-refractivity contribution in [1.29, 1.82) is 0 Å². The highest BCUT2D eigenvalue weighted by Crippen LogP contribution is 2.56. The van der Waals surface area contributed by atoms with Crippen molar-refractivity contribution >= 4 is 34.2 Å². The molecule has 0 aromatic heterocycles. The molecule has 0 aromatic carbocycles. The Morgan fingerprint density at radius 3 is 1.81 bits per heavy atom. The Morgan fingerprint density at radius 2 is 1.38 bits per heavy atom. The van der Waals surface area contributed by atoms with Gasteiger partial charge in [0.1, 0.15) is 0 Å². The molecule has 1 rings (SSSR count). The van der Waals surface area contributed by atoms with E-state index in [-0.39, 0.29) is 17.6 Å². The maximum atomic E-state index is 13.5. The first-order valence-corrected chi connectivity index (χ1v) is 7.52. The summed E-state index contributed by atoms with van der Waals surface area (Å²) < 4.78 is 109. The van der Waals surface area contributed by atoms with E-state index in [1.165, 1.54) is 0 Å². The van der Waals surface area contributed by atoms with Crippen molar-refractivity contribution in [3.8, 4) is 0 Å². The van der Waals surface area contributed by atoms with Gasteiger partial charge in [-0.2, -0.15) is 35.1 Å². The summed E-state index contributed by atoms with van der Waals surface area (Å²) in [5, 5.41) is -5.80. The zero-order chi connectivity index (χ0) is 16.7. The lowest BCUT2D eigenvalue weighted by atomic mass is 9.88. The molecule has 11 heteroatoms. The summed E-state index contributed by atoms with van der Waals surface area (Å²) in [6, 6.07) is 0. The second kappa shape index (κ2) is 6.14. The average molecular weight is 461 g/mol. The number of rotatable bonds is 6. The van der Waals surface area contributed by atoms with Crippen LogP contribution in [0.3, 0.4) is 0 Å². The van der Waals surface area contributed by atoms with E-state index in [1.54, 1.807) is 22.6 Å². The minimum atomic E-state index is -6.38. The fourth-order valence-electron chi connectivity index (χ4n) is 1.90. The molecular formula is C10H10ClF8IO. The smallest absolute Gasteiger partial charge is 0.381 e. The summed E-state index contributed by atoms with van der Waals surface area (Å²) in [6.07, 6.45) is -1.68. The van der Waals surface area contributed by atoms with Gasteiger partial charge in [-0.05, 0) is 23.4 Å². The first kappa shape index (κ1) is 19.5. The van der Waals surface area contributed by atoms with Gasteiger partial charge < -0.3 is 4.74 Å². The molecule has 1 nitrogen and oxygen atoms in total. The van der Waals surface area contributed by atoms with Crippen LogP contribution in [0, 0.1) is 11.8 Å². The maximum Gasteiger partial charge on any atom is 0.392 e. The third-order valence-electron chi connectivity index (χ3n) is 3.26. The van der Waals surface area contributed by atoms with E-state index in [2.05, 4.69) is 11.6 Å². The van der Waals surface area contributed by atoms with Gasteiger partial charge in [-0.1, -0.05) is 22.6 Å². The topological polar surface area (TPSA) is 9.23 Å². The average Bonchev–Trinajstić information content (AvgIpc) is 2.73. The molecule has 0 bridgehead atoms. The van der Waals surface area contributed by atoms with Crippen molar-refractivity contribution in [2.75, 3.05) is 17.6 Å². The molecule has 2 atom stereocenters. The van der Waals surface area contributed by atoms with Crippen LogP contribution in [0.1, 0.15) is 6.42 Å². The highest BCUT2D eigenvalue weighted by atomic mass is 127. The van der Waals surface area contributed by atoms with E-state index in [4.69, 9.17) is 4.74 Å². The van der Waals surface area contributed by atoms with Gasteiger partial charge in [0.25, 0.3) is 0 Å². The van der Waals surface area contributed by atoms with Crippen molar-refractivity contribution in [2.24, 2.45) is 11.8 Å². The van der Waals surface area contributed by atoms with Crippen molar-refractivity contribution in [2.45, 2.75) is 29.6 Å². The molecule has 2 unspecified atom stereocenters. The fraction of sp³-hybridized carbons (Fsp3) is 1.00. The summed E-state index contributed by atoms with van der Waals surface area (Å²) in [4.78, 5) is 0. The van der Waals surface area contributed by atoms with Gasteiger partial charge in [0.05, 0.1) is 6.61 Å². The quantitative estimate of drug-likeness (QED) is 0.314. The van der Waals surface area contributed by atoms with Crippen LogP contribution >= 0.6 is 34.2 Å². The lowest BCUT2D eigenvalue weighted by molar-refractivity contribution is -0.351. The first-order chi connectivity index (χ1) is 9.28.